The molecule has 0 aromatic rings. The summed E-state index contributed by atoms with van der Waals surface area (Å²) < 4.78 is 0. The molecule has 1 heteroatoms. The van der Waals surface area contributed by atoms with Crippen LogP contribution in [0.25, 0.3) is 0 Å². The van der Waals surface area contributed by atoms with Gasteiger partial charge in [0.2, 0.25) is 0 Å². The Labute approximate surface area is 107 Å². The van der Waals surface area contributed by atoms with Gasteiger partial charge in [-0.15, -0.1) is 0 Å². The molecule has 0 spiro atoms. The maximum absolute atomic E-state index is 11.5. The zero-order valence-electron chi connectivity index (χ0n) is 11.3. The van der Waals surface area contributed by atoms with Gasteiger partial charge < -0.3 is 0 Å². The number of ketones is 1. The first-order chi connectivity index (χ1) is 8.39. The topological polar surface area (TPSA) is 17.1 Å². The van der Waals surface area contributed by atoms with Crippen molar-refractivity contribution in [3.8, 4) is 0 Å². The quantitative estimate of drug-likeness (QED) is 0.528. The van der Waals surface area contributed by atoms with E-state index in [9.17, 15) is 4.79 Å². The van der Waals surface area contributed by atoms with Gasteiger partial charge in [0.05, 0.1) is 0 Å². The third kappa shape index (κ3) is 9.14. The van der Waals surface area contributed by atoms with E-state index in [1.165, 1.54) is 57.8 Å². The summed E-state index contributed by atoms with van der Waals surface area (Å²) in [6.07, 6.45) is 20.2. The molecule has 0 aromatic heterocycles. The molecule has 0 fully saturated rings. The smallest absolute Gasteiger partial charge is 0.133 e. The van der Waals surface area contributed by atoms with E-state index in [4.69, 9.17) is 0 Å². The van der Waals surface area contributed by atoms with E-state index in [0.717, 1.165) is 25.7 Å². The van der Waals surface area contributed by atoms with E-state index in [0.29, 0.717) is 5.78 Å². The van der Waals surface area contributed by atoms with Gasteiger partial charge >= 0.3 is 0 Å². The zero-order valence-corrected chi connectivity index (χ0v) is 11.3. The fraction of sp³-hybridized carbons (Fsp3) is 0.812. The average Bonchev–Trinajstić information content (AvgIpc) is 2.32. The minimum atomic E-state index is 0.460. The molecule has 1 nitrogen and oxygen atoms in total. The Kier molecular flexibility index (Phi) is 8.99. The third-order valence-electron chi connectivity index (χ3n) is 3.58. The molecule has 98 valence electrons. The molecular weight excluding hydrogens is 208 g/mol. The Bertz CT molecular complexity index is 218. The van der Waals surface area contributed by atoms with E-state index < -0.39 is 0 Å². The van der Waals surface area contributed by atoms with Gasteiger partial charge in [-0.25, -0.2) is 0 Å². The Hall–Kier alpha value is -0.590. The summed E-state index contributed by atoms with van der Waals surface area (Å²) in [4.78, 5) is 11.5. The first-order valence-corrected chi connectivity index (χ1v) is 7.56. The van der Waals surface area contributed by atoms with Gasteiger partial charge in [0.25, 0.3) is 0 Å². The highest BCUT2D eigenvalue weighted by molar-refractivity contribution is 5.78. The predicted molar refractivity (Wildman–Crippen MR) is 74.2 cm³/mol. The summed E-state index contributed by atoms with van der Waals surface area (Å²) in [5.74, 6) is 0.460. The molecule has 0 radical (unpaired) electrons. The number of allylic oxidation sites excluding steroid dienone is 2. The Morgan fingerprint density at radius 2 is 1.12 bits per heavy atom. The van der Waals surface area contributed by atoms with Crippen molar-refractivity contribution in [2.75, 3.05) is 0 Å². The van der Waals surface area contributed by atoms with Gasteiger partial charge in [0.1, 0.15) is 5.78 Å². The lowest BCUT2D eigenvalue weighted by Crippen LogP contribution is -1.96. The molecule has 1 aliphatic carbocycles. The summed E-state index contributed by atoms with van der Waals surface area (Å²) in [6.45, 7) is 0. The molecule has 0 amide bonds. The van der Waals surface area contributed by atoms with Crippen molar-refractivity contribution in [2.24, 2.45) is 0 Å². The van der Waals surface area contributed by atoms with Gasteiger partial charge in [-0.3, -0.25) is 4.79 Å². The summed E-state index contributed by atoms with van der Waals surface area (Å²) in [6, 6.07) is 0. The minimum absolute atomic E-state index is 0.460. The largest absolute Gasteiger partial charge is 0.300 e. The molecule has 0 aliphatic heterocycles. The van der Waals surface area contributed by atoms with Crippen LogP contribution in [-0.2, 0) is 4.79 Å². The number of Topliss-reactive ketones (excluding diaryl/α,β-unsaturated/α-hetero) is 1. The monoisotopic (exact) mass is 236 g/mol. The van der Waals surface area contributed by atoms with Crippen LogP contribution in [0.2, 0.25) is 0 Å². The van der Waals surface area contributed by atoms with Crippen LogP contribution in [0.15, 0.2) is 12.2 Å². The van der Waals surface area contributed by atoms with Crippen molar-refractivity contribution in [3.05, 3.63) is 12.2 Å². The van der Waals surface area contributed by atoms with Crippen LogP contribution < -0.4 is 0 Å². The van der Waals surface area contributed by atoms with E-state index in [1.807, 2.05) is 0 Å². The average molecular weight is 236 g/mol. The van der Waals surface area contributed by atoms with Crippen LogP contribution in [-0.4, -0.2) is 5.78 Å². The van der Waals surface area contributed by atoms with Crippen molar-refractivity contribution in [1.82, 2.24) is 0 Å². The van der Waals surface area contributed by atoms with Crippen molar-refractivity contribution in [2.45, 2.75) is 83.5 Å². The molecule has 17 heavy (non-hydrogen) atoms. The Balaban J connectivity index is 2.19. The summed E-state index contributed by atoms with van der Waals surface area (Å²) >= 11 is 0. The van der Waals surface area contributed by atoms with E-state index in [-0.39, 0.29) is 0 Å². The molecule has 1 rings (SSSR count). The fourth-order valence-corrected chi connectivity index (χ4v) is 2.43. The maximum atomic E-state index is 11.5. The van der Waals surface area contributed by atoms with Crippen molar-refractivity contribution >= 4 is 5.78 Å². The zero-order chi connectivity index (χ0) is 12.2. The number of hydrogen-bond acceptors (Lipinski definition) is 1. The summed E-state index contributed by atoms with van der Waals surface area (Å²) in [5, 5.41) is 0. The maximum Gasteiger partial charge on any atom is 0.133 e. The second kappa shape index (κ2) is 10.6. The standard InChI is InChI=1S/C16H28O/c17-16-14-12-10-8-6-4-2-1-3-5-7-9-11-13-15-16/h8,10H,1-7,9,11-15H2/b10-8-. The van der Waals surface area contributed by atoms with Crippen LogP contribution in [0.3, 0.4) is 0 Å². The fourth-order valence-electron chi connectivity index (χ4n) is 2.43. The number of rotatable bonds is 0. The molecule has 0 saturated heterocycles. The van der Waals surface area contributed by atoms with E-state index in [2.05, 4.69) is 12.2 Å². The molecule has 0 heterocycles. The number of carbonyl (C=O) groups excluding carboxylic acids is 1. The second-order valence-corrected chi connectivity index (χ2v) is 5.27. The molecule has 0 unspecified atom stereocenters. The van der Waals surface area contributed by atoms with E-state index in [1.54, 1.807) is 0 Å². The normalized spacial score (nSPS) is 24.4. The Morgan fingerprint density at radius 3 is 1.82 bits per heavy atom. The predicted octanol–water partition coefficient (Wildman–Crippen LogP) is 5.20. The van der Waals surface area contributed by atoms with Crippen LogP contribution >= 0.6 is 0 Å². The van der Waals surface area contributed by atoms with Crippen molar-refractivity contribution in [3.63, 3.8) is 0 Å². The number of carbonyl (C=O) groups is 1. The highest BCUT2D eigenvalue weighted by Crippen LogP contribution is 2.13. The highest BCUT2D eigenvalue weighted by Gasteiger charge is 2.00. The van der Waals surface area contributed by atoms with Gasteiger partial charge in [-0.2, -0.15) is 0 Å². The van der Waals surface area contributed by atoms with Crippen molar-refractivity contribution < 1.29 is 4.79 Å². The SMILES string of the molecule is O=C1CC/C=C\CCCCCCCCCCC1. The van der Waals surface area contributed by atoms with Gasteiger partial charge in [0, 0.05) is 12.8 Å². The van der Waals surface area contributed by atoms with Crippen LogP contribution in [0.5, 0.6) is 0 Å². The van der Waals surface area contributed by atoms with Gasteiger partial charge in [-0.1, -0.05) is 57.1 Å². The second-order valence-electron chi connectivity index (χ2n) is 5.27. The lowest BCUT2D eigenvalue weighted by molar-refractivity contribution is -0.119. The number of hydrogen-bond donors (Lipinski definition) is 0. The van der Waals surface area contributed by atoms with Crippen molar-refractivity contribution in [1.29, 1.82) is 0 Å². The molecule has 0 saturated carbocycles. The minimum Gasteiger partial charge on any atom is -0.300 e. The van der Waals surface area contributed by atoms with Crippen LogP contribution in [0, 0.1) is 0 Å². The first-order valence-electron chi connectivity index (χ1n) is 7.56. The summed E-state index contributed by atoms with van der Waals surface area (Å²) in [7, 11) is 0. The highest BCUT2D eigenvalue weighted by atomic mass is 16.1. The third-order valence-corrected chi connectivity index (χ3v) is 3.58. The first kappa shape index (κ1) is 14.5. The molecule has 0 N–H and O–H groups in total. The molecule has 0 aromatic carbocycles. The molecule has 1 aliphatic rings. The van der Waals surface area contributed by atoms with Gasteiger partial charge in [-0.05, 0) is 25.7 Å². The molecular formula is C16H28O. The van der Waals surface area contributed by atoms with Gasteiger partial charge in [0.15, 0.2) is 0 Å². The van der Waals surface area contributed by atoms with Crippen LogP contribution in [0.4, 0.5) is 0 Å². The van der Waals surface area contributed by atoms with E-state index >= 15 is 0 Å². The molecule has 0 atom stereocenters. The molecule has 0 bridgehead atoms. The van der Waals surface area contributed by atoms with Crippen LogP contribution in [0.1, 0.15) is 83.5 Å². The Morgan fingerprint density at radius 1 is 0.588 bits per heavy atom. The lowest BCUT2D eigenvalue weighted by Gasteiger charge is -2.03. The summed E-state index contributed by atoms with van der Waals surface area (Å²) in [5.41, 5.74) is 0. The lowest BCUT2D eigenvalue weighted by atomic mass is 10.0.